The molecule has 0 spiro atoms. The summed E-state index contributed by atoms with van der Waals surface area (Å²) in [5.41, 5.74) is 2.40. The van der Waals surface area contributed by atoms with Crippen LogP contribution in [0.15, 0.2) is 39.4 Å². The third-order valence-corrected chi connectivity index (χ3v) is 4.22. The zero-order valence-corrected chi connectivity index (χ0v) is 13.7. The molecule has 4 rings (SSSR count). The molecular formula is C16H14BrN3O3. The lowest BCUT2D eigenvalue weighted by molar-refractivity contribution is 0.0995. The lowest BCUT2D eigenvalue weighted by atomic mass is 10.2. The highest BCUT2D eigenvalue weighted by atomic mass is 79.9. The molecule has 6 nitrogen and oxygen atoms in total. The predicted octanol–water partition coefficient (Wildman–Crippen LogP) is 4.02. The number of halogens is 1. The number of fused-ring (bicyclic) bond motifs is 1. The van der Waals surface area contributed by atoms with Gasteiger partial charge in [-0.25, -0.2) is 4.98 Å². The molecule has 0 unspecified atom stereocenters. The van der Waals surface area contributed by atoms with E-state index in [1.165, 1.54) is 0 Å². The van der Waals surface area contributed by atoms with Gasteiger partial charge in [0, 0.05) is 12.3 Å². The number of rotatable bonds is 3. The van der Waals surface area contributed by atoms with Gasteiger partial charge in [-0.2, -0.15) is 0 Å². The van der Waals surface area contributed by atoms with Crippen LogP contribution in [-0.2, 0) is 4.74 Å². The summed E-state index contributed by atoms with van der Waals surface area (Å²) in [5, 5.41) is 2.81. The summed E-state index contributed by atoms with van der Waals surface area (Å²) in [4.78, 5) is 19.9. The van der Waals surface area contributed by atoms with E-state index in [-0.39, 0.29) is 17.8 Å². The van der Waals surface area contributed by atoms with Crippen molar-refractivity contribution in [2.24, 2.45) is 0 Å². The fourth-order valence-corrected chi connectivity index (χ4v) is 2.99. The number of aromatic nitrogens is 2. The van der Waals surface area contributed by atoms with E-state index in [1.807, 2.05) is 18.2 Å². The van der Waals surface area contributed by atoms with Gasteiger partial charge in [-0.15, -0.1) is 0 Å². The summed E-state index contributed by atoms with van der Waals surface area (Å²) in [6.07, 6.45) is 2.08. The van der Waals surface area contributed by atoms with Crippen LogP contribution in [0.4, 0.5) is 5.69 Å². The summed E-state index contributed by atoms with van der Waals surface area (Å²) in [5.74, 6) is 0.798. The molecule has 118 valence electrons. The zero-order chi connectivity index (χ0) is 15.8. The average molecular weight is 376 g/mol. The first kappa shape index (κ1) is 14.5. The Morgan fingerprint density at radius 3 is 3.00 bits per heavy atom. The minimum Gasteiger partial charge on any atom is -0.444 e. The maximum Gasteiger partial charge on any atom is 0.291 e. The predicted molar refractivity (Wildman–Crippen MR) is 88.4 cm³/mol. The van der Waals surface area contributed by atoms with Crippen molar-refractivity contribution in [3.63, 3.8) is 0 Å². The first-order valence-electron chi connectivity index (χ1n) is 7.37. The maximum absolute atomic E-state index is 12.1. The molecule has 1 amide bonds. The van der Waals surface area contributed by atoms with Gasteiger partial charge in [0.2, 0.25) is 0 Å². The molecule has 2 aromatic heterocycles. The highest BCUT2D eigenvalue weighted by molar-refractivity contribution is 9.10. The first-order valence-corrected chi connectivity index (χ1v) is 8.16. The smallest absolute Gasteiger partial charge is 0.291 e. The van der Waals surface area contributed by atoms with Crippen LogP contribution in [0, 0.1) is 0 Å². The molecule has 0 radical (unpaired) electrons. The van der Waals surface area contributed by atoms with Gasteiger partial charge < -0.3 is 19.5 Å². The van der Waals surface area contributed by atoms with Crippen molar-refractivity contribution >= 4 is 38.6 Å². The molecule has 0 saturated carbocycles. The number of imidazole rings is 1. The Morgan fingerprint density at radius 1 is 1.35 bits per heavy atom. The Bertz CT molecular complexity index is 864. The number of anilines is 1. The normalized spacial score (nSPS) is 17.7. The summed E-state index contributed by atoms with van der Waals surface area (Å²) in [6.45, 7) is 0.779. The number of hydrogen-bond donors (Lipinski definition) is 2. The zero-order valence-electron chi connectivity index (χ0n) is 12.1. The van der Waals surface area contributed by atoms with Gasteiger partial charge >= 0.3 is 0 Å². The standard InChI is InChI=1S/C16H14BrN3O3/c17-14-6-5-13(23-14)16(21)18-9-3-4-10-11(8-9)20-15(19-10)12-2-1-7-22-12/h3-6,8,12H,1-2,7H2,(H,18,21)(H,19,20)/t12-/m0/s1. The van der Waals surface area contributed by atoms with Crippen LogP contribution in [0.5, 0.6) is 0 Å². The second-order valence-corrected chi connectivity index (χ2v) is 6.20. The van der Waals surface area contributed by atoms with Gasteiger partial charge in [0.05, 0.1) is 11.0 Å². The number of aromatic amines is 1. The van der Waals surface area contributed by atoms with E-state index in [0.717, 1.165) is 36.3 Å². The average Bonchev–Trinajstić information content (AvgIpc) is 3.26. The van der Waals surface area contributed by atoms with Crippen molar-refractivity contribution in [3.05, 3.63) is 46.6 Å². The summed E-state index contributed by atoms with van der Waals surface area (Å²) >= 11 is 3.18. The van der Waals surface area contributed by atoms with Gasteiger partial charge in [-0.05, 0) is 59.1 Å². The Morgan fingerprint density at radius 2 is 2.26 bits per heavy atom. The van der Waals surface area contributed by atoms with Crippen LogP contribution in [0.1, 0.15) is 35.3 Å². The molecule has 1 saturated heterocycles. The van der Waals surface area contributed by atoms with Crippen LogP contribution >= 0.6 is 15.9 Å². The van der Waals surface area contributed by atoms with Gasteiger partial charge in [-0.3, -0.25) is 4.79 Å². The molecule has 3 aromatic rings. The van der Waals surface area contributed by atoms with E-state index in [9.17, 15) is 4.79 Å². The van der Waals surface area contributed by atoms with Crippen molar-refractivity contribution in [1.82, 2.24) is 9.97 Å². The summed E-state index contributed by atoms with van der Waals surface area (Å²) in [7, 11) is 0. The molecule has 1 fully saturated rings. The molecule has 1 atom stereocenters. The minimum atomic E-state index is -0.297. The van der Waals surface area contributed by atoms with Crippen molar-refractivity contribution in [3.8, 4) is 0 Å². The minimum absolute atomic E-state index is 0.0425. The van der Waals surface area contributed by atoms with Crippen molar-refractivity contribution < 1.29 is 13.9 Å². The third kappa shape index (κ3) is 2.89. The number of ether oxygens (including phenoxy) is 1. The number of amides is 1. The number of carbonyl (C=O) groups excluding carboxylic acids is 1. The van der Waals surface area contributed by atoms with Gasteiger partial charge in [0.1, 0.15) is 11.9 Å². The largest absolute Gasteiger partial charge is 0.444 e. The monoisotopic (exact) mass is 375 g/mol. The fraction of sp³-hybridized carbons (Fsp3) is 0.250. The SMILES string of the molecule is O=C(Nc1ccc2nc([C@@H]3CCCO3)[nH]c2c1)c1ccc(Br)o1. The quantitative estimate of drug-likeness (QED) is 0.724. The Balaban J connectivity index is 1.57. The van der Waals surface area contributed by atoms with E-state index in [1.54, 1.807) is 12.1 Å². The van der Waals surface area contributed by atoms with Crippen LogP contribution < -0.4 is 5.32 Å². The third-order valence-electron chi connectivity index (χ3n) is 3.79. The van der Waals surface area contributed by atoms with Crippen molar-refractivity contribution in [2.75, 3.05) is 11.9 Å². The van der Waals surface area contributed by atoms with E-state index >= 15 is 0 Å². The van der Waals surface area contributed by atoms with E-state index in [0.29, 0.717) is 10.4 Å². The van der Waals surface area contributed by atoms with Crippen LogP contribution in [-0.4, -0.2) is 22.5 Å². The summed E-state index contributed by atoms with van der Waals surface area (Å²) in [6, 6.07) is 8.84. The Hall–Kier alpha value is -2.12. The second-order valence-electron chi connectivity index (χ2n) is 5.41. The highest BCUT2D eigenvalue weighted by Crippen LogP contribution is 2.28. The van der Waals surface area contributed by atoms with Gasteiger partial charge in [0.25, 0.3) is 5.91 Å². The molecule has 3 heterocycles. The first-order chi connectivity index (χ1) is 11.2. The number of carbonyl (C=O) groups is 1. The fourth-order valence-electron chi connectivity index (χ4n) is 2.68. The van der Waals surface area contributed by atoms with Crippen LogP contribution in [0.3, 0.4) is 0 Å². The highest BCUT2D eigenvalue weighted by Gasteiger charge is 2.21. The van der Waals surface area contributed by atoms with Gasteiger partial charge in [0.15, 0.2) is 10.4 Å². The number of furan rings is 1. The molecule has 0 bridgehead atoms. The Kier molecular flexibility index (Phi) is 3.66. The lowest BCUT2D eigenvalue weighted by Gasteiger charge is -2.03. The molecular weight excluding hydrogens is 362 g/mol. The molecule has 2 N–H and O–H groups in total. The number of hydrogen-bond acceptors (Lipinski definition) is 4. The molecule has 1 aliphatic heterocycles. The number of H-pyrrole nitrogens is 1. The van der Waals surface area contributed by atoms with E-state index in [4.69, 9.17) is 9.15 Å². The Labute approximate surface area is 140 Å². The maximum atomic E-state index is 12.1. The van der Waals surface area contributed by atoms with Crippen LogP contribution in [0.25, 0.3) is 11.0 Å². The van der Waals surface area contributed by atoms with E-state index < -0.39 is 0 Å². The van der Waals surface area contributed by atoms with E-state index in [2.05, 4.69) is 31.2 Å². The number of nitrogens with zero attached hydrogens (tertiary/aromatic N) is 1. The molecule has 23 heavy (non-hydrogen) atoms. The topological polar surface area (TPSA) is 80.1 Å². The number of nitrogens with one attached hydrogen (secondary N) is 2. The van der Waals surface area contributed by atoms with Crippen molar-refractivity contribution in [2.45, 2.75) is 18.9 Å². The molecule has 1 aromatic carbocycles. The van der Waals surface area contributed by atoms with Gasteiger partial charge in [-0.1, -0.05) is 0 Å². The second kappa shape index (κ2) is 5.82. The number of benzene rings is 1. The van der Waals surface area contributed by atoms with Crippen LogP contribution in [0.2, 0.25) is 0 Å². The molecule has 1 aliphatic rings. The summed E-state index contributed by atoms with van der Waals surface area (Å²) < 4.78 is 11.4. The lowest BCUT2D eigenvalue weighted by Crippen LogP contribution is -2.10. The molecule has 0 aliphatic carbocycles. The molecule has 7 heteroatoms. The van der Waals surface area contributed by atoms with Crippen molar-refractivity contribution in [1.29, 1.82) is 0 Å².